The maximum absolute atomic E-state index is 12.5. The number of nitrogens with zero attached hydrogens (tertiary/aromatic N) is 2. The van der Waals surface area contributed by atoms with Crippen molar-refractivity contribution >= 4 is 27.5 Å². The van der Waals surface area contributed by atoms with Gasteiger partial charge in [-0.15, -0.1) is 0 Å². The average molecular weight is 471 g/mol. The van der Waals surface area contributed by atoms with Gasteiger partial charge in [-0.05, 0) is 49.1 Å². The Labute approximate surface area is 195 Å². The lowest BCUT2D eigenvalue weighted by atomic mass is 10.2. The summed E-state index contributed by atoms with van der Waals surface area (Å²) in [5.41, 5.74) is 1.41. The molecule has 1 heterocycles. The van der Waals surface area contributed by atoms with Crippen LogP contribution in [0.2, 0.25) is 0 Å². The third kappa shape index (κ3) is 6.33. The van der Waals surface area contributed by atoms with Crippen LogP contribution in [0.15, 0.2) is 59.5 Å². The van der Waals surface area contributed by atoms with Crippen LogP contribution in [0.3, 0.4) is 0 Å². The molecule has 1 saturated carbocycles. The number of sulfonamides is 1. The predicted octanol–water partition coefficient (Wildman–Crippen LogP) is 1.84. The molecule has 0 atom stereocenters. The molecule has 9 heteroatoms. The Kier molecular flexibility index (Phi) is 7.29. The van der Waals surface area contributed by atoms with Crippen molar-refractivity contribution in [2.75, 3.05) is 44.2 Å². The van der Waals surface area contributed by atoms with Gasteiger partial charge in [0.15, 0.2) is 0 Å². The van der Waals surface area contributed by atoms with Crippen molar-refractivity contribution in [3.63, 3.8) is 0 Å². The van der Waals surface area contributed by atoms with Crippen molar-refractivity contribution in [2.24, 2.45) is 5.92 Å². The van der Waals surface area contributed by atoms with E-state index >= 15 is 0 Å². The number of carbonyl (C=O) groups excluding carboxylic acids is 2. The summed E-state index contributed by atoms with van der Waals surface area (Å²) in [4.78, 5) is 29.2. The first-order chi connectivity index (χ1) is 15.9. The fourth-order valence-corrected chi connectivity index (χ4v) is 4.99. The number of rotatable bonds is 9. The van der Waals surface area contributed by atoms with E-state index in [1.165, 1.54) is 12.1 Å². The van der Waals surface area contributed by atoms with Crippen LogP contribution in [0.25, 0.3) is 0 Å². The van der Waals surface area contributed by atoms with Crippen LogP contribution in [-0.4, -0.2) is 64.4 Å². The fourth-order valence-electron chi connectivity index (χ4n) is 3.83. The van der Waals surface area contributed by atoms with Gasteiger partial charge in [-0.1, -0.05) is 24.3 Å². The van der Waals surface area contributed by atoms with Crippen molar-refractivity contribution in [1.29, 1.82) is 0 Å². The summed E-state index contributed by atoms with van der Waals surface area (Å²) in [6.07, 6.45) is 2.30. The molecule has 2 aromatic carbocycles. The molecule has 33 heavy (non-hydrogen) atoms. The van der Waals surface area contributed by atoms with E-state index in [2.05, 4.69) is 27.1 Å². The molecule has 2 aromatic rings. The van der Waals surface area contributed by atoms with E-state index in [4.69, 9.17) is 0 Å². The highest BCUT2D eigenvalue weighted by Gasteiger charge is 2.25. The minimum atomic E-state index is -3.64. The average Bonchev–Trinajstić information content (AvgIpc) is 3.68. The van der Waals surface area contributed by atoms with Gasteiger partial charge in [-0.3, -0.25) is 9.59 Å². The van der Waals surface area contributed by atoms with Gasteiger partial charge in [-0.2, -0.15) is 0 Å². The van der Waals surface area contributed by atoms with Crippen molar-refractivity contribution in [1.82, 2.24) is 14.9 Å². The van der Waals surface area contributed by atoms with Crippen LogP contribution in [0.1, 0.15) is 29.6 Å². The Balaban J connectivity index is 1.23. The predicted molar refractivity (Wildman–Crippen MR) is 127 cm³/mol. The summed E-state index contributed by atoms with van der Waals surface area (Å²) in [7, 11) is -3.64. The highest BCUT2D eigenvalue weighted by molar-refractivity contribution is 7.89. The molecule has 0 radical (unpaired) electrons. The lowest BCUT2D eigenvalue weighted by Gasteiger charge is -2.36. The van der Waals surface area contributed by atoms with Crippen molar-refractivity contribution in [3.05, 3.63) is 60.2 Å². The lowest BCUT2D eigenvalue weighted by Crippen LogP contribution is -2.49. The van der Waals surface area contributed by atoms with Crippen LogP contribution in [0, 0.1) is 5.92 Å². The molecule has 176 valence electrons. The molecular weight excluding hydrogens is 440 g/mol. The second kappa shape index (κ2) is 10.4. The summed E-state index contributed by atoms with van der Waals surface area (Å²) in [5.74, 6) is 0.0321. The zero-order valence-corrected chi connectivity index (χ0v) is 19.4. The Morgan fingerprint density at radius 1 is 0.939 bits per heavy atom. The Hall–Kier alpha value is -2.91. The van der Waals surface area contributed by atoms with Gasteiger partial charge in [0.25, 0.3) is 5.91 Å². The molecule has 1 aliphatic heterocycles. The largest absolute Gasteiger partial charge is 0.368 e. The van der Waals surface area contributed by atoms with Crippen LogP contribution >= 0.6 is 0 Å². The Morgan fingerprint density at radius 2 is 1.67 bits per heavy atom. The van der Waals surface area contributed by atoms with E-state index in [9.17, 15) is 18.0 Å². The van der Waals surface area contributed by atoms with E-state index < -0.39 is 15.9 Å². The minimum Gasteiger partial charge on any atom is -0.368 e. The molecule has 0 unspecified atom stereocenters. The van der Waals surface area contributed by atoms with E-state index in [0.717, 1.165) is 31.6 Å². The molecule has 0 spiro atoms. The maximum atomic E-state index is 12.5. The second-order valence-electron chi connectivity index (χ2n) is 8.53. The lowest BCUT2D eigenvalue weighted by molar-refractivity contribution is -0.131. The number of benzene rings is 2. The van der Waals surface area contributed by atoms with Crippen LogP contribution in [0.5, 0.6) is 0 Å². The third-order valence-corrected chi connectivity index (χ3v) is 7.46. The molecule has 2 aliphatic rings. The van der Waals surface area contributed by atoms with Gasteiger partial charge in [0, 0.05) is 56.9 Å². The van der Waals surface area contributed by atoms with Gasteiger partial charge in [0.05, 0.1) is 4.90 Å². The quantitative estimate of drug-likeness (QED) is 0.583. The molecule has 2 fully saturated rings. The maximum Gasteiger partial charge on any atom is 0.251 e. The topological polar surface area (TPSA) is 98.8 Å². The molecular formula is C24H30N4O4S. The fraction of sp³-hybridized carbons (Fsp3) is 0.417. The van der Waals surface area contributed by atoms with Crippen LogP contribution < -0.4 is 14.9 Å². The van der Waals surface area contributed by atoms with Gasteiger partial charge >= 0.3 is 0 Å². The molecule has 4 rings (SSSR count). The molecule has 2 amide bonds. The number of piperazine rings is 1. The molecule has 0 aromatic heterocycles. The monoisotopic (exact) mass is 470 g/mol. The zero-order valence-electron chi connectivity index (χ0n) is 18.6. The zero-order chi connectivity index (χ0) is 23.3. The van der Waals surface area contributed by atoms with Gasteiger partial charge in [0.2, 0.25) is 15.9 Å². The number of amides is 2. The normalized spacial score (nSPS) is 16.5. The summed E-state index contributed by atoms with van der Waals surface area (Å²) >= 11 is 0. The van der Waals surface area contributed by atoms with Crippen molar-refractivity contribution in [3.8, 4) is 0 Å². The van der Waals surface area contributed by atoms with E-state index in [0.29, 0.717) is 25.6 Å². The molecule has 8 nitrogen and oxygen atoms in total. The van der Waals surface area contributed by atoms with Gasteiger partial charge in [0.1, 0.15) is 0 Å². The molecule has 0 bridgehead atoms. The Morgan fingerprint density at radius 3 is 2.36 bits per heavy atom. The number of nitrogens with one attached hydrogen (secondary N) is 2. The first-order valence-corrected chi connectivity index (χ1v) is 12.9. The molecule has 2 N–H and O–H groups in total. The first kappa shape index (κ1) is 23.3. The third-order valence-electron chi connectivity index (χ3n) is 6.04. The number of carbonyl (C=O) groups is 2. The second-order valence-corrected chi connectivity index (χ2v) is 10.3. The van der Waals surface area contributed by atoms with Gasteiger partial charge < -0.3 is 15.1 Å². The van der Waals surface area contributed by atoms with E-state index in [1.54, 1.807) is 12.1 Å². The van der Waals surface area contributed by atoms with E-state index in [-0.39, 0.29) is 29.3 Å². The van der Waals surface area contributed by atoms with Crippen LogP contribution in [-0.2, 0) is 14.8 Å². The van der Waals surface area contributed by atoms with E-state index in [1.807, 2.05) is 23.1 Å². The number of anilines is 1. The molecule has 1 saturated heterocycles. The highest BCUT2D eigenvalue weighted by atomic mass is 32.2. The van der Waals surface area contributed by atoms with Crippen molar-refractivity contribution in [2.45, 2.75) is 24.2 Å². The summed E-state index contributed by atoms with van der Waals surface area (Å²) in [5, 5.41) is 2.73. The Bertz CT molecular complexity index is 1080. The number of para-hydroxylation sites is 1. The number of hydrogen-bond acceptors (Lipinski definition) is 5. The summed E-state index contributed by atoms with van der Waals surface area (Å²) in [6, 6.07) is 16.1. The summed E-state index contributed by atoms with van der Waals surface area (Å²) < 4.78 is 27.5. The SMILES string of the molecule is O=C(NCCC(=O)N1CCN(c2ccccc2)CC1)c1cccc(S(=O)(=O)NCC2CC2)c1. The highest BCUT2D eigenvalue weighted by Crippen LogP contribution is 2.28. The first-order valence-electron chi connectivity index (χ1n) is 11.4. The van der Waals surface area contributed by atoms with Crippen LogP contribution in [0.4, 0.5) is 5.69 Å². The van der Waals surface area contributed by atoms with Gasteiger partial charge in [-0.25, -0.2) is 13.1 Å². The minimum absolute atomic E-state index is 0.00335. The molecule has 1 aliphatic carbocycles. The smallest absolute Gasteiger partial charge is 0.251 e. The van der Waals surface area contributed by atoms with Crippen molar-refractivity contribution < 1.29 is 18.0 Å². The summed E-state index contributed by atoms with van der Waals surface area (Å²) in [6.45, 7) is 3.48. The number of hydrogen-bond donors (Lipinski definition) is 2. The standard InChI is InChI=1S/C24H30N4O4S/c29-23(28-15-13-27(14-16-28)21-6-2-1-3-7-21)11-12-25-24(30)20-5-4-8-22(17-20)33(31,32)26-18-19-9-10-19/h1-8,17,19,26H,9-16,18H2,(H,25,30).